The van der Waals surface area contributed by atoms with Crippen LogP contribution in [0.1, 0.15) is 40.4 Å². The zero-order valence-electron chi connectivity index (χ0n) is 17.7. The van der Waals surface area contributed by atoms with Crippen molar-refractivity contribution in [1.82, 2.24) is 4.90 Å². The van der Waals surface area contributed by atoms with Gasteiger partial charge in [0.05, 0.1) is 23.9 Å². The molecule has 1 saturated heterocycles. The summed E-state index contributed by atoms with van der Waals surface area (Å²) in [6.07, 6.45) is 0. The minimum atomic E-state index is -1.32. The zero-order valence-corrected chi connectivity index (χ0v) is 17.7. The van der Waals surface area contributed by atoms with E-state index in [0.29, 0.717) is 12.4 Å². The molecule has 2 amide bonds. The molecule has 7 heteroatoms. The molecule has 1 fully saturated rings. The van der Waals surface area contributed by atoms with Gasteiger partial charge in [-0.15, -0.1) is 0 Å². The number of rotatable bonds is 1. The van der Waals surface area contributed by atoms with Gasteiger partial charge in [-0.25, -0.2) is 8.78 Å². The Bertz CT molecular complexity index is 1310. The summed E-state index contributed by atoms with van der Waals surface area (Å²) in [4.78, 5) is 29.3. The number of fused-ring (bicyclic) bond motifs is 6. The van der Waals surface area contributed by atoms with Gasteiger partial charge < -0.3 is 15.0 Å². The van der Waals surface area contributed by atoms with E-state index in [1.807, 2.05) is 54.6 Å². The second-order valence-electron chi connectivity index (χ2n) is 8.93. The van der Waals surface area contributed by atoms with E-state index in [2.05, 4.69) is 5.32 Å². The van der Waals surface area contributed by atoms with E-state index in [4.69, 9.17) is 4.74 Å². The van der Waals surface area contributed by atoms with Crippen molar-refractivity contribution in [3.05, 3.63) is 95.1 Å². The number of nitrogens with zero attached hydrogens (tertiary/aromatic N) is 1. The van der Waals surface area contributed by atoms with Crippen LogP contribution in [0.2, 0.25) is 0 Å². The molecule has 4 atom stereocenters. The smallest absolute Gasteiger partial charge is 0.257 e. The summed E-state index contributed by atoms with van der Waals surface area (Å²) < 4.78 is 34.3. The van der Waals surface area contributed by atoms with Crippen LogP contribution in [0.3, 0.4) is 0 Å². The Labute approximate surface area is 189 Å². The van der Waals surface area contributed by atoms with E-state index in [-0.39, 0.29) is 17.2 Å². The molecule has 0 radical (unpaired) electrons. The number of nitrogens with one attached hydrogen (secondary N) is 1. The standard InChI is InChI=1S/C26H20F2N2O3/c1-26-22(14-7-3-2-4-8-14)17-13-33-21-10-6-5-9-15(21)23(17)30(26)24(31)16-11-18(27)19(28)12-20(16)29-25(26)32/h2-12,17,22-23H,13H2,1H3,(H,29,32)/t17-,22+,23+,26-/m1/s1. The molecule has 6 rings (SSSR count). The van der Waals surface area contributed by atoms with Gasteiger partial charge in [-0.05, 0) is 24.6 Å². The van der Waals surface area contributed by atoms with Crippen LogP contribution in [-0.4, -0.2) is 28.9 Å². The Morgan fingerprint density at radius 1 is 1.00 bits per heavy atom. The molecule has 0 unspecified atom stereocenters. The summed E-state index contributed by atoms with van der Waals surface area (Å²) in [5, 5.41) is 2.72. The molecule has 3 aliphatic heterocycles. The average Bonchev–Trinajstić information content (AvgIpc) is 3.07. The molecule has 3 aliphatic rings. The predicted molar refractivity (Wildman–Crippen MR) is 117 cm³/mol. The van der Waals surface area contributed by atoms with Gasteiger partial charge >= 0.3 is 0 Å². The molecule has 3 heterocycles. The van der Waals surface area contributed by atoms with Crippen molar-refractivity contribution in [2.45, 2.75) is 24.4 Å². The van der Waals surface area contributed by atoms with Crippen molar-refractivity contribution >= 4 is 17.5 Å². The van der Waals surface area contributed by atoms with Crippen LogP contribution >= 0.6 is 0 Å². The fourth-order valence-electron chi connectivity index (χ4n) is 5.85. The Hall–Kier alpha value is -3.74. The van der Waals surface area contributed by atoms with E-state index >= 15 is 0 Å². The third kappa shape index (κ3) is 2.62. The fraction of sp³-hybridized carbons (Fsp3) is 0.231. The average molecular weight is 446 g/mol. The van der Waals surface area contributed by atoms with Crippen molar-refractivity contribution in [2.24, 2.45) is 5.92 Å². The minimum absolute atomic E-state index is 0.0248. The maximum absolute atomic E-state index is 14.2. The number of benzene rings is 3. The summed E-state index contributed by atoms with van der Waals surface area (Å²) in [5.41, 5.74) is 0.281. The SMILES string of the molecule is C[C@@]12C(=O)Nc3cc(F)c(F)cc3C(=O)N1[C@H]1c3ccccc3OC[C@@H]1[C@@H]2c1ccccc1. The van der Waals surface area contributed by atoms with Crippen molar-refractivity contribution in [3.8, 4) is 5.75 Å². The van der Waals surface area contributed by atoms with E-state index < -0.39 is 40.9 Å². The van der Waals surface area contributed by atoms with E-state index in [9.17, 15) is 18.4 Å². The monoisotopic (exact) mass is 446 g/mol. The van der Waals surface area contributed by atoms with Crippen LogP contribution in [0.4, 0.5) is 14.5 Å². The number of para-hydroxylation sites is 1. The number of ether oxygens (including phenoxy) is 1. The first-order valence-corrected chi connectivity index (χ1v) is 10.8. The third-order valence-corrected chi connectivity index (χ3v) is 7.26. The molecular formula is C26H20F2N2O3. The lowest BCUT2D eigenvalue weighted by Crippen LogP contribution is -2.54. The quantitative estimate of drug-likeness (QED) is 0.591. The first-order chi connectivity index (χ1) is 15.9. The summed E-state index contributed by atoms with van der Waals surface area (Å²) in [5.74, 6) is -3.18. The summed E-state index contributed by atoms with van der Waals surface area (Å²) in [6, 6.07) is 18.3. The molecule has 5 nitrogen and oxygen atoms in total. The molecule has 1 N–H and O–H groups in total. The number of halogens is 2. The molecular weight excluding hydrogens is 426 g/mol. The lowest BCUT2D eigenvalue weighted by atomic mass is 9.73. The van der Waals surface area contributed by atoms with Crippen LogP contribution in [0.25, 0.3) is 0 Å². The van der Waals surface area contributed by atoms with Gasteiger partial charge in [-0.1, -0.05) is 48.5 Å². The molecule has 3 aromatic rings. The van der Waals surface area contributed by atoms with Crippen LogP contribution in [0.5, 0.6) is 5.75 Å². The highest BCUT2D eigenvalue weighted by atomic mass is 19.2. The zero-order chi connectivity index (χ0) is 22.9. The van der Waals surface area contributed by atoms with Gasteiger partial charge in [0.1, 0.15) is 11.3 Å². The molecule has 0 bridgehead atoms. The van der Waals surface area contributed by atoms with Crippen LogP contribution in [0.15, 0.2) is 66.7 Å². The lowest BCUT2D eigenvalue weighted by molar-refractivity contribution is -0.125. The maximum atomic E-state index is 14.2. The van der Waals surface area contributed by atoms with Crippen LogP contribution < -0.4 is 10.1 Å². The van der Waals surface area contributed by atoms with E-state index in [1.54, 1.807) is 11.8 Å². The van der Waals surface area contributed by atoms with Gasteiger partial charge in [0.25, 0.3) is 11.8 Å². The highest BCUT2D eigenvalue weighted by Crippen LogP contribution is 2.59. The Balaban J connectivity index is 1.63. The van der Waals surface area contributed by atoms with Crippen molar-refractivity contribution in [2.75, 3.05) is 11.9 Å². The maximum Gasteiger partial charge on any atom is 0.257 e. The highest BCUT2D eigenvalue weighted by Gasteiger charge is 2.65. The second-order valence-corrected chi connectivity index (χ2v) is 8.93. The lowest BCUT2D eigenvalue weighted by Gasteiger charge is -2.38. The van der Waals surface area contributed by atoms with E-state index in [0.717, 1.165) is 23.3 Å². The minimum Gasteiger partial charge on any atom is -0.493 e. The fourth-order valence-corrected chi connectivity index (χ4v) is 5.85. The molecule has 0 saturated carbocycles. The number of hydrogen-bond acceptors (Lipinski definition) is 3. The summed E-state index contributed by atoms with van der Waals surface area (Å²) >= 11 is 0. The summed E-state index contributed by atoms with van der Waals surface area (Å²) in [7, 11) is 0. The number of carbonyl (C=O) groups is 2. The van der Waals surface area contributed by atoms with E-state index in [1.165, 1.54) is 0 Å². The normalized spacial score (nSPS) is 27.5. The number of anilines is 1. The Kier molecular flexibility index (Phi) is 4.15. The molecule has 0 aromatic heterocycles. The van der Waals surface area contributed by atoms with Crippen molar-refractivity contribution in [1.29, 1.82) is 0 Å². The van der Waals surface area contributed by atoms with Crippen molar-refractivity contribution < 1.29 is 23.1 Å². The molecule has 0 spiro atoms. The Morgan fingerprint density at radius 3 is 2.48 bits per heavy atom. The molecule has 3 aromatic carbocycles. The number of carbonyl (C=O) groups excluding carboxylic acids is 2. The van der Waals surface area contributed by atoms with Gasteiger partial charge in [0.15, 0.2) is 11.6 Å². The first kappa shape index (κ1) is 19.9. The van der Waals surface area contributed by atoms with Gasteiger partial charge in [-0.3, -0.25) is 9.59 Å². The van der Waals surface area contributed by atoms with Gasteiger partial charge in [-0.2, -0.15) is 0 Å². The topological polar surface area (TPSA) is 58.6 Å². The summed E-state index contributed by atoms with van der Waals surface area (Å²) in [6.45, 7) is 2.05. The third-order valence-electron chi connectivity index (χ3n) is 7.26. The number of hydrogen-bond donors (Lipinski definition) is 1. The van der Waals surface area contributed by atoms with Crippen LogP contribution in [-0.2, 0) is 4.79 Å². The largest absolute Gasteiger partial charge is 0.493 e. The van der Waals surface area contributed by atoms with Gasteiger partial charge in [0.2, 0.25) is 0 Å². The predicted octanol–water partition coefficient (Wildman–Crippen LogP) is 4.67. The highest BCUT2D eigenvalue weighted by molar-refractivity contribution is 6.12. The van der Waals surface area contributed by atoms with Crippen molar-refractivity contribution in [3.63, 3.8) is 0 Å². The molecule has 166 valence electrons. The molecule has 33 heavy (non-hydrogen) atoms. The molecule has 0 aliphatic carbocycles. The van der Waals surface area contributed by atoms with Gasteiger partial charge in [0, 0.05) is 23.5 Å². The Morgan fingerprint density at radius 2 is 1.70 bits per heavy atom. The van der Waals surface area contributed by atoms with Crippen LogP contribution in [0, 0.1) is 17.6 Å². The second kappa shape index (κ2) is 6.88. The number of amides is 2. The first-order valence-electron chi connectivity index (χ1n) is 10.8.